The molecule has 152 valence electrons. The standard InChI is InChI=1S/C21H23N3O4S/c1-14(2)23-12-15(16-5-3-4-6-17(16)23)11-18-20(26)24(21(27)29-18)13-19(25)22-7-9-28-10-8-22/h3-6,11-12,14H,7-10,13H2,1-2H3/b18-11+. The number of amides is 3. The lowest BCUT2D eigenvalue weighted by Gasteiger charge is -2.28. The quantitative estimate of drug-likeness (QED) is 0.720. The number of benzene rings is 1. The molecule has 0 atom stereocenters. The molecule has 0 radical (unpaired) electrons. The average Bonchev–Trinajstić information content (AvgIpc) is 3.22. The predicted molar refractivity (Wildman–Crippen MR) is 112 cm³/mol. The van der Waals surface area contributed by atoms with Gasteiger partial charge < -0.3 is 14.2 Å². The van der Waals surface area contributed by atoms with Gasteiger partial charge >= 0.3 is 0 Å². The summed E-state index contributed by atoms with van der Waals surface area (Å²) in [5, 5.41) is 0.618. The van der Waals surface area contributed by atoms with Gasteiger partial charge in [-0.1, -0.05) is 18.2 Å². The van der Waals surface area contributed by atoms with Crippen molar-refractivity contribution in [2.45, 2.75) is 19.9 Å². The Morgan fingerprint density at radius 1 is 1.21 bits per heavy atom. The minimum Gasteiger partial charge on any atom is -0.378 e. The Bertz CT molecular complexity index is 1000. The number of hydrogen-bond acceptors (Lipinski definition) is 5. The Balaban J connectivity index is 1.58. The highest BCUT2D eigenvalue weighted by atomic mass is 32.2. The maximum absolute atomic E-state index is 12.8. The van der Waals surface area contributed by atoms with E-state index in [-0.39, 0.29) is 18.5 Å². The minimum atomic E-state index is -0.414. The molecule has 7 nitrogen and oxygen atoms in total. The number of morpholine rings is 1. The van der Waals surface area contributed by atoms with Gasteiger partial charge in [0.1, 0.15) is 6.54 Å². The first-order valence-corrected chi connectivity index (χ1v) is 10.5. The fourth-order valence-electron chi connectivity index (χ4n) is 3.60. The molecule has 8 heteroatoms. The lowest BCUT2D eigenvalue weighted by Crippen LogP contribution is -2.46. The van der Waals surface area contributed by atoms with Gasteiger partial charge in [0.2, 0.25) is 5.91 Å². The van der Waals surface area contributed by atoms with E-state index in [1.165, 1.54) is 0 Å². The molecule has 29 heavy (non-hydrogen) atoms. The number of carbonyl (C=O) groups is 3. The number of thioether (sulfide) groups is 1. The molecule has 0 unspecified atom stereocenters. The molecule has 4 rings (SSSR count). The first kappa shape index (κ1) is 19.7. The van der Waals surface area contributed by atoms with Gasteiger partial charge in [-0.05, 0) is 37.8 Å². The Labute approximate surface area is 173 Å². The van der Waals surface area contributed by atoms with Crippen LogP contribution in [0.25, 0.3) is 17.0 Å². The van der Waals surface area contributed by atoms with Crippen LogP contribution in [0.1, 0.15) is 25.5 Å². The van der Waals surface area contributed by atoms with Gasteiger partial charge in [-0.3, -0.25) is 19.3 Å². The van der Waals surface area contributed by atoms with Crippen LogP contribution >= 0.6 is 11.8 Å². The van der Waals surface area contributed by atoms with Gasteiger partial charge in [-0.15, -0.1) is 0 Å². The van der Waals surface area contributed by atoms with Crippen molar-refractivity contribution in [2.75, 3.05) is 32.8 Å². The molecule has 3 heterocycles. The summed E-state index contributed by atoms with van der Waals surface area (Å²) in [6, 6.07) is 8.25. The first-order chi connectivity index (χ1) is 14.0. The second-order valence-electron chi connectivity index (χ2n) is 7.36. The van der Waals surface area contributed by atoms with Gasteiger partial charge in [-0.2, -0.15) is 0 Å². The van der Waals surface area contributed by atoms with Crippen molar-refractivity contribution in [1.29, 1.82) is 0 Å². The molecule has 0 spiro atoms. The second kappa shape index (κ2) is 8.04. The Kier molecular flexibility index (Phi) is 5.47. The van der Waals surface area contributed by atoms with Crippen LogP contribution in [0.5, 0.6) is 0 Å². The highest BCUT2D eigenvalue weighted by Crippen LogP contribution is 2.34. The maximum atomic E-state index is 12.8. The van der Waals surface area contributed by atoms with Gasteiger partial charge in [0.25, 0.3) is 11.1 Å². The molecular weight excluding hydrogens is 390 g/mol. The van der Waals surface area contributed by atoms with E-state index >= 15 is 0 Å². The summed E-state index contributed by atoms with van der Waals surface area (Å²) >= 11 is 0.885. The molecule has 2 aromatic rings. The van der Waals surface area contributed by atoms with Crippen molar-refractivity contribution in [2.24, 2.45) is 0 Å². The third-order valence-electron chi connectivity index (χ3n) is 5.15. The van der Waals surface area contributed by atoms with Crippen LogP contribution < -0.4 is 0 Å². The molecule has 2 fully saturated rings. The van der Waals surface area contributed by atoms with Crippen LogP contribution in [0.4, 0.5) is 4.79 Å². The van der Waals surface area contributed by atoms with E-state index in [9.17, 15) is 14.4 Å². The topological polar surface area (TPSA) is 71.8 Å². The average molecular weight is 413 g/mol. The van der Waals surface area contributed by atoms with Crippen molar-refractivity contribution in [3.63, 3.8) is 0 Å². The Morgan fingerprint density at radius 3 is 2.66 bits per heavy atom. The van der Waals surface area contributed by atoms with Gasteiger partial charge in [0, 0.05) is 41.8 Å². The molecule has 2 aliphatic heterocycles. The van der Waals surface area contributed by atoms with Crippen LogP contribution in [0.15, 0.2) is 35.4 Å². The molecule has 1 aromatic heterocycles. The van der Waals surface area contributed by atoms with Crippen LogP contribution in [0.2, 0.25) is 0 Å². The molecule has 3 amide bonds. The van der Waals surface area contributed by atoms with Crippen molar-refractivity contribution in [1.82, 2.24) is 14.4 Å². The van der Waals surface area contributed by atoms with Crippen LogP contribution in [0, 0.1) is 0 Å². The summed E-state index contributed by atoms with van der Waals surface area (Å²) < 4.78 is 7.39. The third-order valence-corrected chi connectivity index (χ3v) is 6.05. The zero-order valence-corrected chi connectivity index (χ0v) is 17.3. The second-order valence-corrected chi connectivity index (χ2v) is 8.36. The molecule has 0 N–H and O–H groups in total. The number of ether oxygens (including phenoxy) is 1. The number of hydrogen-bond donors (Lipinski definition) is 0. The van der Waals surface area contributed by atoms with Crippen molar-refractivity contribution in [3.8, 4) is 0 Å². The smallest absolute Gasteiger partial charge is 0.294 e. The number of imide groups is 1. The van der Waals surface area contributed by atoms with Gasteiger partial charge in [-0.25, -0.2) is 0 Å². The summed E-state index contributed by atoms with van der Waals surface area (Å²) in [6.45, 7) is 5.90. The Hall–Kier alpha value is -2.58. The van der Waals surface area contributed by atoms with Crippen molar-refractivity contribution >= 4 is 45.8 Å². The van der Waals surface area contributed by atoms with E-state index in [2.05, 4.69) is 18.4 Å². The lowest BCUT2D eigenvalue weighted by molar-refractivity contribution is -0.139. The van der Waals surface area contributed by atoms with Crippen LogP contribution in [-0.2, 0) is 14.3 Å². The molecule has 2 aliphatic rings. The maximum Gasteiger partial charge on any atom is 0.294 e. The van der Waals surface area contributed by atoms with Crippen molar-refractivity contribution < 1.29 is 19.1 Å². The van der Waals surface area contributed by atoms with E-state index in [0.717, 1.165) is 33.1 Å². The number of aromatic nitrogens is 1. The molecule has 0 aliphatic carbocycles. The largest absolute Gasteiger partial charge is 0.378 e. The number of para-hydroxylation sites is 1. The molecule has 0 bridgehead atoms. The highest BCUT2D eigenvalue weighted by Gasteiger charge is 2.37. The fourth-order valence-corrected chi connectivity index (χ4v) is 4.43. The fraction of sp³-hybridized carbons (Fsp3) is 0.381. The highest BCUT2D eigenvalue weighted by molar-refractivity contribution is 8.18. The zero-order chi connectivity index (χ0) is 20.5. The molecule has 2 saturated heterocycles. The number of carbonyl (C=O) groups excluding carboxylic acids is 3. The minimum absolute atomic E-state index is 0.226. The SMILES string of the molecule is CC(C)n1cc(/C=C2/SC(=O)N(CC(=O)N3CCOCC3)C2=O)c2ccccc21. The first-order valence-electron chi connectivity index (χ1n) is 9.66. The van der Waals surface area contributed by atoms with Gasteiger partial charge in [0.05, 0.1) is 18.1 Å². The summed E-state index contributed by atoms with van der Waals surface area (Å²) in [7, 11) is 0. The summed E-state index contributed by atoms with van der Waals surface area (Å²) in [5.41, 5.74) is 1.97. The lowest BCUT2D eigenvalue weighted by atomic mass is 10.1. The summed E-state index contributed by atoms with van der Waals surface area (Å²) in [5.74, 6) is -0.642. The molecular formula is C21H23N3O4S. The normalized spacial score (nSPS) is 19.2. The van der Waals surface area contributed by atoms with Crippen LogP contribution in [0.3, 0.4) is 0 Å². The van der Waals surface area contributed by atoms with E-state index in [4.69, 9.17) is 4.74 Å². The number of fused-ring (bicyclic) bond motifs is 1. The van der Waals surface area contributed by atoms with E-state index in [1.54, 1.807) is 11.0 Å². The molecule has 1 aromatic carbocycles. The van der Waals surface area contributed by atoms with E-state index < -0.39 is 11.1 Å². The third kappa shape index (κ3) is 3.82. The number of rotatable bonds is 4. The monoisotopic (exact) mass is 413 g/mol. The predicted octanol–water partition coefficient (Wildman–Crippen LogP) is 3.12. The van der Waals surface area contributed by atoms with Crippen LogP contribution in [-0.4, -0.2) is 64.3 Å². The molecule has 0 saturated carbocycles. The number of nitrogens with zero attached hydrogens (tertiary/aromatic N) is 3. The van der Waals surface area contributed by atoms with E-state index in [0.29, 0.717) is 31.2 Å². The van der Waals surface area contributed by atoms with E-state index in [1.807, 2.05) is 30.5 Å². The summed E-state index contributed by atoms with van der Waals surface area (Å²) in [6.07, 6.45) is 3.76. The Morgan fingerprint density at radius 2 is 1.93 bits per heavy atom. The van der Waals surface area contributed by atoms with Gasteiger partial charge in [0.15, 0.2) is 0 Å². The van der Waals surface area contributed by atoms with Crippen molar-refractivity contribution in [3.05, 3.63) is 40.9 Å². The zero-order valence-electron chi connectivity index (χ0n) is 16.5. The summed E-state index contributed by atoms with van der Waals surface area (Å²) in [4.78, 5) is 40.7.